The van der Waals surface area contributed by atoms with Crippen molar-refractivity contribution in [3.05, 3.63) is 30.1 Å². The molecule has 0 radical (unpaired) electrons. The Morgan fingerprint density at radius 2 is 1.94 bits per heavy atom. The maximum absolute atomic E-state index is 11.6. The summed E-state index contributed by atoms with van der Waals surface area (Å²) >= 11 is 0. The second kappa shape index (κ2) is 6.32. The van der Waals surface area contributed by atoms with Crippen molar-refractivity contribution >= 4 is 5.91 Å². The molecule has 0 aliphatic heterocycles. The minimum atomic E-state index is 0.0434. The molecule has 94 valence electrons. The Morgan fingerprint density at radius 3 is 2.41 bits per heavy atom. The van der Waals surface area contributed by atoms with Gasteiger partial charge in [-0.05, 0) is 24.7 Å². The Labute approximate surface area is 102 Å². The highest BCUT2D eigenvalue weighted by Gasteiger charge is 2.18. The lowest BCUT2D eigenvalue weighted by atomic mass is 10.1. The van der Waals surface area contributed by atoms with Crippen LogP contribution < -0.4 is 5.73 Å². The predicted molar refractivity (Wildman–Crippen MR) is 67.4 cm³/mol. The molecular formula is C12H20N4O. The molecule has 1 rings (SSSR count). The van der Waals surface area contributed by atoms with Crippen LogP contribution in [0.2, 0.25) is 0 Å². The van der Waals surface area contributed by atoms with E-state index in [4.69, 9.17) is 5.73 Å². The first-order valence-corrected chi connectivity index (χ1v) is 5.56. The average molecular weight is 236 g/mol. The predicted octanol–water partition coefficient (Wildman–Crippen LogP) is 0.101. The summed E-state index contributed by atoms with van der Waals surface area (Å²) < 4.78 is 0. The van der Waals surface area contributed by atoms with Gasteiger partial charge in [0.2, 0.25) is 5.91 Å². The summed E-state index contributed by atoms with van der Waals surface area (Å²) in [6, 6.07) is 3.89. The van der Waals surface area contributed by atoms with Crippen LogP contribution in [0.1, 0.15) is 11.6 Å². The molecule has 0 saturated heterocycles. The zero-order valence-electron chi connectivity index (χ0n) is 10.6. The number of aromatic nitrogens is 1. The van der Waals surface area contributed by atoms with Gasteiger partial charge < -0.3 is 10.6 Å². The van der Waals surface area contributed by atoms with Crippen molar-refractivity contribution in [2.45, 2.75) is 6.04 Å². The molecule has 1 aromatic rings. The van der Waals surface area contributed by atoms with E-state index in [1.54, 1.807) is 31.4 Å². The number of nitrogens with two attached hydrogens (primary N) is 1. The van der Waals surface area contributed by atoms with E-state index in [1.165, 1.54) is 0 Å². The quantitative estimate of drug-likeness (QED) is 0.787. The van der Waals surface area contributed by atoms with E-state index >= 15 is 0 Å². The van der Waals surface area contributed by atoms with Crippen LogP contribution in [0.4, 0.5) is 0 Å². The third-order valence-electron chi connectivity index (χ3n) is 2.73. The molecule has 0 fully saturated rings. The average Bonchev–Trinajstić information content (AvgIpc) is 2.31. The third-order valence-corrected chi connectivity index (χ3v) is 2.73. The Morgan fingerprint density at radius 1 is 1.35 bits per heavy atom. The summed E-state index contributed by atoms with van der Waals surface area (Å²) in [6.45, 7) is 0.832. The van der Waals surface area contributed by atoms with Gasteiger partial charge in [-0.25, -0.2) is 0 Å². The van der Waals surface area contributed by atoms with Crippen molar-refractivity contribution in [1.82, 2.24) is 14.8 Å². The number of amides is 1. The summed E-state index contributed by atoms with van der Waals surface area (Å²) in [4.78, 5) is 19.1. The molecule has 0 aromatic carbocycles. The summed E-state index contributed by atoms with van der Waals surface area (Å²) in [5.74, 6) is 0.0695. The van der Waals surface area contributed by atoms with Crippen LogP contribution in [0.15, 0.2) is 24.5 Å². The highest BCUT2D eigenvalue weighted by molar-refractivity contribution is 5.77. The molecule has 1 heterocycles. The second-order valence-corrected chi connectivity index (χ2v) is 4.24. The molecule has 5 nitrogen and oxygen atoms in total. The fourth-order valence-corrected chi connectivity index (χ4v) is 1.62. The van der Waals surface area contributed by atoms with Crippen LogP contribution >= 0.6 is 0 Å². The fourth-order valence-electron chi connectivity index (χ4n) is 1.62. The molecule has 1 aromatic heterocycles. The Balaban J connectivity index is 2.71. The maximum atomic E-state index is 11.6. The third kappa shape index (κ3) is 3.80. The van der Waals surface area contributed by atoms with Crippen LogP contribution in [0.3, 0.4) is 0 Å². The van der Waals surface area contributed by atoms with E-state index < -0.39 is 0 Å². The Bertz CT molecular complexity index is 353. The summed E-state index contributed by atoms with van der Waals surface area (Å²) in [5, 5.41) is 0. The molecule has 1 unspecified atom stereocenters. The first-order chi connectivity index (χ1) is 8.06. The van der Waals surface area contributed by atoms with Crippen LogP contribution in [-0.4, -0.2) is 54.9 Å². The highest BCUT2D eigenvalue weighted by atomic mass is 16.2. The molecule has 0 saturated carbocycles. The molecule has 0 aliphatic rings. The van der Waals surface area contributed by atoms with Crippen molar-refractivity contribution in [2.24, 2.45) is 5.73 Å². The number of nitrogens with zero attached hydrogens (tertiary/aromatic N) is 3. The van der Waals surface area contributed by atoms with Gasteiger partial charge in [0, 0.05) is 39.1 Å². The summed E-state index contributed by atoms with van der Waals surface area (Å²) in [5.41, 5.74) is 6.85. The minimum absolute atomic E-state index is 0.0434. The van der Waals surface area contributed by atoms with Crippen molar-refractivity contribution in [1.29, 1.82) is 0 Å². The van der Waals surface area contributed by atoms with E-state index in [0.717, 1.165) is 5.56 Å². The van der Waals surface area contributed by atoms with Crippen LogP contribution in [0.5, 0.6) is 0 Å². The molecule has 5 heteroatoms. The van der Waals surface area contributed by atoms with Gasteiger partial charge in [-0.3, -0.25) is 14.7 Å². The number of rotatable bonds is 5. The zero-order chi connectivity index (χ0) is 12.8. The minimum Gasteiger partial charge on any atom is -0.348 e. The number of hydrogen-bond donors (Lipinski definition) is 1. The van der Waals surface area contributed by atoms with E-state index in [2.05, 4.69) is 4.98 Å². The van der Waals surface area contributed by atoms with Crippen molar-refractivity contribution in [3.8, 4) is 0 Å². The normalized spacial score (nSPS) is 12.5. The highest BCUT2D eigenvalue weighted by Crippen LogP contribution is 2.16. The van der Waals surface area contributed by atoms with Gasteiger partial charge in [-0.1, -0.05) is 0 Å². The Hall–Kier alpha value is -1.46. The second-order valence-electron chi connectivity index (χ2n) is 4.24. The van der Waals surface area contributed by atoms with Crippen molar-refractivity contribution < 1.29 is 4.79 Å². The van der Waals surface area contributed by atoms with Gasteiger partial charge in [-0.2, -0.15) is 0 Å². The van der Waals surface area contributed by atoms with E-state index in [1.807, 2.05) is 24.1 Å². The fraction of sp³-hybridized carbons (Fsp3) is 0.500. The lowest BCUT2D eigenvalue weighted by Gasteiger charge is -2.27. The zero-order valence-corrected chi connectivity index (χ0v) is 10.6. The lowest BCUT2D eigenvalue weighted by Crippen LogP contribution is -2.38. The number of carbonyl (C=O) groups is 1. The molecule has 0 spiro atoms. The van der Waals surface area contributed by atoms with Crippen LogP contribution in [0, 0.1) is 0 Å². The monoisotopic (exact) mass is 236 g/mol. The van der Waals surface area contributed by atoms with Crippen molar-refractivity contribution in [2.75, 3.05) is 34.2 Å². The van der Waals surface area contributed by atoms with E-state index in [9.17, 15) is 4.79 Å². The van der Waals surface area contributed by atoms with Crippen molar-refractivity contribution in [3.63, 3.8) is 0 Å². The molecule has 0 aliphatic carbocycles. The van der Waals surface area contributed by atoms with Gasteiger partial charge >= 0.3 is 0 Å². The molecule has 1 amide bonds. The lowest BCUT2D eigenvalue weighted by molar-refractivity contribution is -0.130. The Kier molecular flexibility index (Phi) is 5.06. The van der Waals surface area contributed by atoms with Gasteiger partial charge in [-0.15, -0.1) is 0 Å². The topological polar surface area (TPSA) is 62.5 Å². The molecule has 0 bridgehead atoms. The van der Waals surface area contributed by atoms with Gasteiger partial charge in [0.1, 0.15) is 0 Å². The SMILES string of the molecule is CN(C)C(=O)CN(C)C(CN)c1ccncc1. The largest absolute Gasteiger partial charge is 0.348 e. The number of likely N-dealkylation sites (N-methyl/N-ethyl adjacent to an activating group) is 2. The van der Waals surface area contributed by atoms with Gasteiger partial charge in [0.15, 0.2) is 0 Å². The first kappa shape index (κ1) is 13.6. The number of hydrogen-bond acceptors (Lipinski definition) is 4. The molecule has 2 N–H and O–H groups in total. The smallest absolute Gasteiger partial charge is 0.236 e. The number of carbonyl (C=O) groups excluding carboxylic acids is 1. The summed E-state index contributed by atoms with van der Waals surface area (Å²) in [7, 11) is 5.40. The van der Waals surface area contributed by atoms with Gasteiger partial charge in [0.05, 0.1) is 6.54 Å². The maximum Gasteiger partial charge on any atom is 0.236 e. The molecular weight excluding hydrogens is 216 g/mol. The number of pyridine rings is 1. The van der Waals surface area contributed by atoms with Crippen LogP contribution in [0.25, 0.3) is 0 Å². The van der Waals surface area contributed by atoms with E-state index in [0.29, 0.717) is 13.1 Å². The van der Waals surface area contributed by atoms with Crippen LogP contribution in [-0.2, 0) is 4.79 Å². The molecule has 1 atom stereocenters. The van der Waals surface area contributed by atoms with Gasteiger partial charge in [0.25, 0.3) is 0 Å². The standard InChI is InChI=1S/C12H20N4O/c1-15(2)12(17)9-16(3)11(8-13)10-4-6-14-7-5-10/h4-7,11H,8-9,13H2,1-3H3. The first-order valence-electron chi connectivity index (χ1n) is 5.56. The van der Waals surface area contributed by atoms with E-state index in [-0.39, 0.29) is 11.9 Å². The molecule has 17 heavy (non-hydrogen) atoms. The summed E-state index contributed by atoms with van der Waals surface area (Å²) in [6.07, 6.45) is 3.47.